The maximum atomic E-state index is 10.8. The largest absolute Gasteiger partial charge is 0.465 e. The third kappa shape index (κ3) is 3.71. The molecule has 1 aliphatic rings. The summed E-state index contributed by atoms with van der Waals surface area (Å²) in [6.07, 6.45) is 9.44. The van der Waals surface area contributed by atoms with Crippen LogP contribution in [-0.4, -0.2) is 55.2 Å². The van der Waals surface area contributed by atoms with Crippen molar-refractivity contribution in [3.05, 3.63) is 30.9 Å². The summed E-state index contributed by atoms with van der Waals surface area (Å²) >= 11 is 0. The number of carbonyl (C=O) groups is 1. The Morgan fingerprint density at radius 1 is 1.30 bits per heavy atom. The minimum atomic E-state index is -0.956. The Kier molecular flexibility index (Phi) is 4.66. The summed E-state index contributed by atoms with van der Waals surface area (Å²) in [6, 6.07) is 1.98. The summed E-state index contributed by atoms with van der Waals surface area (Å²) in [4.78, 5) is 18.0. The molecule has 142 valence electrons. The van der Waals surface area contributed by atoms with E-state index in [9.17, 15) is 4.79 Å². The van der Waals surface area contributed by atoms with Crippen molar-refractivity contribution >= 4 is 17.4 Å². The second-order valence-corrected chi connectivity index (χ2v) is 6.98. The molecule has 3 aromatic heterocycles. The fraction of sp³-hybridized carbons (Fsp3) is 0.444. The molecule has 0 bridgehead atoms. The van der Waals surface area contributed by atoms with E-state index in [1.54, 1.807) is 17.1 Å². The first-order valence-electron chi connectivity index (χ1n) is 9.15. The van der Waals surface area contributed by atoms with Crippen LogP contribution in [0, 0.1) is 5.92 Å². The summed E-state index contributed by atoms with van der Waals surface area (Å²) in [5.74, 6) is 1.27. The van der Waals surface area contributed by atoms with E-state index in [0.717, 1.165) is 54.9 Å². The van der Waals surface area contributed by atoms with Crippen molar-refractivity contribution in [3.63, 3.8) is 0 Å². The van der Waals surface area contributed by atoms with Gasteiger partial charge in [-0.25, -0.2) is 14.3 Å². The zero-order valence-electron chi connectivity index (χ0n) is 15.2. The van der Waals surface area contributed by atoms with Crippen LogP contribution in [0.25, 0.3) is 16.8 Å². The van der Waals surface area contributed by atoms with Gasteiger partial charge in [0.05, 0.1) is 24.3 Å². The average Bonchev–Trinajstić information content (AvgIpc) is 3.22. The molecule has 27 heavy (non-hydrogen) atoms. The number of rotatable bonds is 4. The van der Waals surface area contributed by atoms with Crippen molar-refractivity contribution in [2.45, 2.75) is 19.3 Å². The fourth-order valence-electron chi connectivity index (χ4n) is 3.65. The molecule has 1 saturated heterocycles. The highest BCUT2D eigenvalue weighted by atomic mass is 16.4. The Labute approximate surface area is 156 Å². The van der Waals surface area contributed by atoms with Crippen LogP contribution in [0.5, 0.6) is 0 Å². The molecule has 0 aliphatic carbocycles. The number of aromatic nitrogens is 5. The van der Waals surface area contributed by atoms with Crippen LogP contribution in [0.2, 0.25) is 0 Å². The van der Waals surface area contributed by atoms with E-state index < -0.39 is 6.09 Å². The molecule has 1 unspecified atom stereocenters. The second-order valence-electron chi connectivity index (χ2n) is 6.98. The molecule has 4 rings (SSSR count). The predicted molar refractivity (Wildman–Crippen MR) is 101 cm³/mol. The molecule has 1 fully saturated rings. The SMILES string of the molecule is Cn1cc(-c2cn3nccc3c(N3CCCC(CNC(=O)O)CC3)n2)cn1. The first-order valence-corrected chi connectivity index (χ1v) is 9.15. The Morgan fingerprint density at radius 2 is 2.19 bits per heavy atom. The zero-order valence-corrected chi connectivity index (χ0v) is 15.2. The highest BCUT2D eigenvalue weighted by molar-refractivity contribution is 5.72. The van der Waals surface area contributed by atoms with Gasteiger partial charge in [0.1, 0.15) is 5.52 Å². The van der Waals surface area contributed by atoms with Crippen LogP contribution >= 0.6 is 0 Å². The second kappa shape index (κ2) is 7.26. The molecule has 1 atom stereocenters. The fourth-order valence-corrected chi connectivity index (χ4v) is 3.65. The maximum Gasteiger partial charge on any atom is 0.404 e. The number of fused-ring (bicyclic) bond motifs is 1. The number of nitrogens with zero attached hydrogens (tertiary/aromatic N) is 6. The summed E-state index contributed by atoms with van der Waals surface area (Å²) in [6.45, 7) is 2.25. The highest BCUT2D eigenvalue weighted by Crippen LogP contribution is 2.27. The quantitative estimate of drug-likeness (QED) is 0.730. The molecule has 0 aromatic carbocycles. The molecule has 0 radical (unpaired) electrons. The van der Waals surface area contributed by atoms with Gasteiger partial charge >= 0.3 is 6.09 Å². The summed E-state index contributed by atoms with van der Waals surface area (Å²) in [5.41, 5.74) is 2.77. The highest BCUT2D eigenvalue weighted by Gasteiger charge is 2.21. The lowest BCUT2D eigenvalue weighted by Crippen LogP contribution is -2.29. The standard InChI is InChI=1S/C18H23N7O2/c1-23-11-14(10-21-23)15-12-25-16(4-6-20-25)17(22-15)24-7-2-3-13(5-8-24)9-19-18(26)27/h4,6,10-13,19H,2-3,5,7-9H2,1H3,(H,26,27). The molecule has 1 aliphatic heterocycles. The van der Waals surface area contributed by atoms with E-state index in [2.05, 4.69) is 20.4 Å². The van der Waals surface area contributed by atoms with Gasteiger partial charge in [-0.15, -0.1) is 0 Å². The smallest absolute Gasteiger partial charge is 0.404 e. The van der Waals surface area contributed by atoms with Crippen molar-refractivity contribution in [1.29, 1.82) is 0 Å². The lowest BCUT2D eigenvalue weighted by Gasteiger charge is -2.23. The molecule has 9 nitrogen and oxygen atoms in total. The van der Waals surface area contributed by atoms with Gasteiger partial charge < -0.3 is 15.3 Å². The maximum absolute atomic E-state index is 10.8. The minimum absolute atomic E-state index is 0.355. The minimum Gasteiger partial charge on any atom is -0.465 e. The van der Waals surface area contributed by atoms with Crippen molar-refractivity contribution in [1.82, 2.24) is 29.7 Å². The third-order valence-corrected chi connectivity index (χ3v) is 5.06. The van der Waals surface area contributed by atoms with Crippen LogP contribution in [0.1, 0.15) is 19.3 Å². The number of amides is 1. The molecular formula is C18H23N7O2. The number of anilines is 1. The van der Waals surface area contributed by atoms with E-state index in [1.165, 1.54) is 0 Å². The van der Waals surface area contributed by atoms with Crippen molar-refractivity contribution < 1.29 is 9.90 Å². The number of hydrogen-bond acceptors (Lipinski definition) is 5. The zero-order chi connectivity index (χ0) is 18.8. The number of nitrogens with one attached hydrogen (secondary N) is 1. The molecule has 1 amide bonds. The number of aryl methyl sites for hydroxylation is 1. The molecule has 4 heterocycles. The molecule has 0 saturated carbocycles. The van der Waals surface area contributed by atoms with Crippen LogP contribution in [0.3, 0.4) is 0 Å². The third-order valence-electron chi connectivity index (χ3n) is 5.06. The van der Waals surface area contributed by atoms with Crippen molar-refractivity contribution in [2.75, 3.05) is 24.5 Å². The molecule has 0 spiro atoms. The Balaban J connectivity index is 1.61. The average molecular weight is 369 g/mol. The Hall–Kier alpha value is -3.10. The van der Waals surface area contributed by atoms with Crippen LogP contribution in [0.4, 0.5) is 10.6 Å². The van der Waals surface area contributed by atoms with Crippen LogP contribution in [-0.2, 0) is 7.05 Å². The van der Waals surface area contributed by atoms with Gasteiger partial charge in [0.15, 0.2) is 5.82 Å². The van der Waals surface area contributed by atoms with Crippen LogP contribution in [0.15, 0.2) is 30.9 Å². The summed E-state index contributed by atoms with van der Waals surface area (Å²) in [5, 5.41) is 20.0. The van der Waals surface area contributed by atoms with E-state index in [1.807, 2.05) is 30.0 Å². The van der Waals surface area contributed by atoms with E-state index >= 15 is 0 Å². The summed E-state index contributed by atoms with van der Waals surface area (Å²) < 4.78 is 3.62. The number of hydrogen-bond donors (Lipinski definition) is 2. The van der Waals surface area contributed by atoms with Gasteiger partial charge in [-0.2, -0.15) is 10.2 Å². The first-order chi connectivity index (χ1) is 13.1. The molecule has 2 N–H and O–H groups in total. The van der Waals surface area contributed by atoms with Gasteiger partial charge in [0.25, 0.3) is 0 Å². The van der Waals surface area contributed by atoms with Crippen molar-refractivity contribution in [2.24, 2.45) is 13.0 Å². The van der Waals surface area contributed by atoms with Gasteiger partial charge in [-0.1, -0.05) is 0 Å². The predicted octanol–water partition coefficient (Wildman–Crippen LogP) is 2.00. The van der Waals surface area contributed by atoms with Crippen molar-refractivity contribution in [3.8, 4) is 11.3 Å². The lowest BCUT2D eigenvalue weighted by molar-refractivity contribution is 0.192. The molecular weight excluding hydrogens is 346 g/mol. The van der Waals surface area contributed by atoms with Gasteiger partial charge in [-0.05, 0) is 31.2 Å². The van der Waals surface area contributed by atoms with Crippen LogP contribution < -0.4 is 10.2 Å². The Morgan fingerprint density at radius 3 is 2.96 bits per heavy atom. The molecule has 9 heteroatoms. The lowest BCUT2D eigenvalue weighted by atomic mass is 10.0. The molecule has 3 aromatic rings. The normalized spacial score (nSPS) is 17.8. The summed E-state index contributed by atoms with van der Waals surface area (Å²) in [7, 11) is 1.89. The topological polar surface area (TPSA) is 101 Å². The van der Waals surface area contributed by atoms with Gasteiger partial charge in [0.2, 0.25) is 0 Å². The number of carboxylic acid groups (broad SMARTS) is 1. The van der Waals surface area contributed by atoms with E-state index in [-0.39, 0.29) is 0 Å². The Bertz CT molecular complexity index is 948. The van der Waals surface area contributed by atoms with Gasteiger partial charge in [0, 0.05) is 38.4 Å². The van der Waals surface area contributed by atoms with E-state index in [4.69, 9.17) is 10.1 Å². The monoisotopic (exact) mass is 369 g/mol. The van der Waals surface area contributed by atoms with E-state index in [0.29, 0.717) is 12.5 Å². The van der Waals surface area contributed by atoms with Gasteiger partial charge in [-0.3, -0.25) is 4.68 Å². The first kappa shape index (κ1) is 17.3.